The van der Waals surface area contributed by atoms with Crippen molar-refractivity contribution in [3.05, 3.63) is 12.4 Å². The van der Waals surface area contributed by atoms with Crippen molar-refractivity contribution in [3.8, 4) is 18.2 Å². The largest absolute Gasteiger partial charge is 0.460 e. The molecule has 1 aromatic heterocycles. The van der Waals surface area contributed by atoms with E-state index in [9.17, 15) is 0 Å². The van der Waals surface area contributed by atoms with Crippen molar-refractivity contribution >= 4 is 5.82 Å². The molecule has 0 saturated heterocycles. The zero-order chi connectivity index (χ0) is 8.97. The van der Waals surface area contributed by atoms with Gasteiger partial charge in [-0.3, -0.25) is 4.98 Å². The number of terminal acetylenes is 1. The Hall–Kier alpha value is -1.76. The summed E-state index contributed by atoms with van der Waals surface area (Å²) in [6.07, 6.45) is 7.69. The number of hydrogen-bond acceptors (Lipinski definition) is 4. The van der Waals surface area contributed by atoms with E-state index in [4.69, 9.17) is 16.9 Å². The molecule has 1 atom stereocenters. The second kappa shape index (κ2) is 3.58. The Labute approximate surface area is 70.8 Å². The summed E-state index contributed by atoms with van der Waals surface area (Å²) >= 11 is 0. The lowest BCUT2D eigenvalue weighted by molar-refractivity contribution is 0.267. The van der Waals surface area contributed by atoms with Crippen LogP contribution < -0.4 is 10.5 Å². The molecule has 0 fully saturated rings. The molecule has 0 spiro atoms. The third-order valence-electron chi connectivity index (χ3n) is 1.16. The smallest absolute Gasteiger partial charge is 0.235 e. The first-order valence-electron chi connectivity index (χ1n) is 3.42. The molecule has 1 aromatic rings. The number of nitrogen functional groups attached to an aromatic ring is 1. The van der Waals surface area contributed by atoms with E-state index in [1.807, 2.05) is 0 Å². The standard InChI is InChI=1S/C8H9N3O/c1-3-6(2)12-8-5-10-4-7(9)11-8/h1,4-6H,2H3,(H2,9,11). The molecule has 4 heteroatoms. The van der Waals surface area contributed by atoms with Gasteiger partial charge in [-0.1, -0.05) is 5.92 Å². The van der Waals surface area contributed by atoms with Gasteiger partial charge in [0.2, 0.25) is 5.88 Å². The van der Waals surface area contributed by atoms with Crippen LogP contribution in [0.5, 0.6) is 5.88 Å². The Bertz CT molecular complexity index is 305. The van der Waals surface area contributed by atoms with Gasteiger partial charge < -0.3 is 10.5 Å². The lowest BCUT2D eigenvalue weighted by Gasteiger charge is -2.06. The minimum atomic E-state index is -0.318. The summed E-state index contributed by atoms with van der Waals surface area (Å²) in [7, 11) is 0. The first kappa shape index (κ1) is 8.34. The monoisotopic (exact) mass is 163 g/mol. The average molecular weight is 163 g/mol. The number of nitrogens with zero attached hydrogens (tertiary/aromatic N) is 2. The minimum absolute atomic E-state index is 0.316. The quantitative estimate of drug-likeness (QED) is 0.643. The Morgan fingerprint density at radius 2 is 2.42 bits per heavy atom. The number of anilines is 1. The van der Waals surface area contributed by atoms with E-state index in [-0.39, 0.29) is 6.10 Å². The maximum absolute atomic E-state index is 5.37. The van der Waals surface area contributed by atoms with Crippen LogP contribution >= 0.6 is 0 Å². The molecule has 1 unspecified atom stereocenters. The molecule has 12 heavy (non-hydrogen) atoms. The highest BCUT2D eigenvalue weighted by Crippen LogP contribution is 2.07. The molecular weight excluding hydrogens is 154 g/mol. The summed E-state index contributed by atoms with van der Waals surface area (Å²) in [5, 5.41) is 0. The molecule has 62 valence electrons. The molecule has 0 aromatic carbocycles. The van der Waals surface area contributed by atoms with E-state index in [1.54, 1.807) is 6.92 Å². The van der Waals surface area contributed by atoms with Crippen LogP contribution in [0.3, 0.4) is 0 Å². The van der Waals surface area contributed by atoms with Crippen LogP contribution in [0.4, 0.5) is 5.82 Å². The molecule has 0 aliphatic carbocycles. The molecular formula is C8H9N3O. The number of nitrogens with two attached hydrogens (primary N) is 1. The average Bonchev–Trinajstić information content (AvgIpc) is 2.04. The summed E-state index contributed by atoms with van der Waals surface area (Å²) < 4.78 is 5.15. The van der Waals surface area contributed by atoms with Gasteiger partial charge in [0.15, 0.2) is 6.10 Å². The van der Waals surface area contributed by atoms with E-state index < -0.39 is 0 Å². The topological polar surface area (TPSA) is 61.0 Å². The zero-order valence-electron chi connectivity index (χ0n) is 6.69. The highest BCUT2D eigenvalue weighted by Gasteiger charge is 2.00. The van der Waals surface area contributed by atoms with E-state index >= 15 is 0 Å². The predicted molar refractivity (Wildman–Crippen MR) is 45.4 cm³/mol. The minimum Gasteiger partial charge on any atom is -0.460 e. The van der Waals surface area contributed by atoms with Gasteiger partial charge in [0.25, 0.3) is 0 Å². The van der Waals surface area contributed by atoms with Crippen LogP contribution in [0.2, 0.25) is 0 Å². The lowest BCUT2D eigenvalue weighted by Crippen LogP contribution is -2.10. The van der Waals surface area contributed by atoms with Crippen LogP contribution in [-0.4, -0.2) is 16.1 Å². The fraction of sp³-hybridized carbons (Fsp3) is 0.250. The van der Waals surface area contributed by atoms with Gasteiger partial charge in [-0.15, -0.1) is 6.42 Å². The summed E-state index contributed by atoms with van der Waals surface area (Å²) in [5.74, 6) is 3.07. The van der Waals surface area contributed by atoms with Crippen molar-refractivity contribution in [2.75, 3.05) is 5.73 Å². The lowest BCUT2D eigenvalue weighted by atomic mass is 10.4. The molecule has 0 aliphatic rings. The van der Waals surface area contributed by atoms with Crippen molar-refractivity contribution in [2.45, 2.75) is 13.0 Å². The Kier molecular flexibility index (Phi) is 2.49. The molecule has 1 heterocycles. The van der Waals surface area contributed by atoms with Crippen molar-refractivity contribution in [2.24, 2.45) is 0 Å². The number of hydrogen-bond donors (Lipinski definition) is 1. The molecule has 0 amide bonds. The Balaban J connectivity index is 2.71. The van der Waals surface area contributed by atoms with Gasteiger partial charge in [0.1, 0.15) is 5.82 Å². The molecule has 0 bridgehead atoms. The Morgan fingerprint density at radius 3 is 3.00 bits per heavy atom. The zero-order valence-corrected chi connectivity index (χ0v) is 6.69. The number of aromatic nitrogens is 2. The van der Waals surface area contributed by atoms with Crippen molar-refractivity contribution in [1.82, 2.24) is 9.97 Å². The molecule has 2 N–H and O–H groups in total. The van der Waals surface area contributed by atoms with Gasteiger partial charge in [0, 0.05) is 0 Å². The third-order valence-corrected chi connectivity index (χ3v) is 1.16. The maximum Gasteiger partial charge on any atom is 0.235 e. The van der Waals surface area contributed by atoms with Crippen molar-refractivity contribution < 1.29 is 4.74 Å². The summed E-state index contributed by atoms with van der Waals surface area (Å²) in [6.45, 7) is 1.74. The normalized spacial score (nSPS) is 11.7. The van der Waals surface area contributed by atoms with Gasteiger partial charge in [0.05, 0.1) is 12.4 Å². The van der Waals surface area contributed by atoms with Crippen molar-refractivity contribution in [1.29, 1.82) is 0 Å². The highest BCUT2D eigenvalue weighted by molar-refractivity contribution is 5.26. The van der Waals surface area contributed by atoms with E-state index in [0.717, 1.165) is 0 Å². The van der Waals surface area contributed by atoms with E-state index in [0.29, 0.717) is 11.7 Å². The Morgan fingerprint density at radius 1 is 1.67 bits per heavy atom. The molecule has 0 radical (unpaired) electrons. The second-order valence-corrected chi connectivity index (χ2v) is 2.21. The second-order valence-electron chi connectivity index (χ2n) is 2.21. The predicted octanol–water partition coefficient (Wildman–Crippen LogP) is 0.459. The molecule has 1 rings (SSSR count). The van der Waals surface area contributed by atoms with Crippen LogP contribution in [0, 0.1) is 12.3 Å². The first-order chi connectivity index (χ1) is 5.72. The summed E-state index contributed by atoms with van der Waals surface area (Å²) in [4.78, 5) is 7.65. The fourth-order valence-corrected chi connectivity index (χ4v) is 0.634. The van der Waals surface area contributed by atoms with Crippen molar-refractivity contribution in [3.63, 3.8) is 0 Å². The van der Waals surface area contributed by atoms with Crippen LogP contribution in [0.25, 0.3) is 0 Å². The number of rotatable bonds is 2. The molecule has 0 aliphatic heterocycles. The molecule has 4 nitrogen and oxygen atoms in total. The van der Waals surface area contributed by atoms with Gasteiger partial charge in [-0.2, -0.15) is 4.98 Å². The third kappa shape index (κ3) is 2.13. The first-order valence-corrected chi connectivity index (χ1v) is 3.42. The van der Waals surface area contributed by atoms with E-state index in [1.165, 1.54) is 12.4 Å². The maximum atomic E-state index is 5.37. The van der Waals surface area contributed by atoms with Gasteiger partial charge >= 0.3 is 0 Å². The SMILES string of the molecule is C#CC(C)Oc1cncc(N)n1. The van der Waals surface area contributed by atoms with Crippen LogP contribution in [-0.2, 0) is 0 Å². The summed E-state index contributed by atoms with van der Waals surface area (Å²) in [5.41, 5.74) is 5.37. The number of ether oxygens (including phenoxy) is 1. The summed E-state index contributed by atoms with van der Waals surface area (Å²) in [6, 6.07) is 0. The van der Waals surface area contributed by atoms with Crippen LogP contribution in [0.1, 0.15) is 6.92 Å². The fourth-order valence-electron chi connectivity index (χ4n) is 0.634. The van der Waals surface area contributed by atoms with Gasteiger partial charge in [-0.25, -0.2) is 0 Å². The highest BCUT2D eigenvalue weighted by atomic mass is 16.5. The molecule has 0 saturated carbocycles. The van der Waals surface area contributed by atoms with Gasteiger partial charge in [-0.05, 0) is 6.92 Å². The van der Waals surface area contributed by atoms with E-state index in [2.05, 4.69) is 15.9 Å². The van der Waals surface area contributed by atoms with Crippen LogP contribution in [0.15, 0.2) is 12.4 Å².